The van der Waals surface area contributed by atoms with Crippen molar-refractivity contribution in [1.29, 1.82) is 0 Å². The van der Waals surface area contributed by atoms with E-state index >= 15 is 0 Å². The molecule has 4 heteroatoms. The minimum Gasteiger partial charge on any atom is -0.372 e. The quantitative estimate of drug-likeness (QED) is 0.913. The topological polar surface area (TPSA) is 41.1 Å². The SMILES string of the molecule is CCNc1nccnc1/C=C/c1ccc(N2CCCC2)cc1. The highest BCUT2D eigenvalue weighted by molar-refractivity contribution is 5.73. The first-order valence-electron chi connectivity index (χ1n) is 7.95. The second-order valence-corrected chi connectivity index (χ2v) is 5.44. The first kappa shape index (κ1) is 14.6. The van der Waals surface area contributed by atoms with Crippen molar-refractivity contribution in [3.63, 3.8) is 0 Å². The van der Waals surface area contributed by atoms with Gasteiger partial charge in [0.25, 0.3) is 0 Å². The molecule has 1 fully saturated rings. The zero-order valence-electron chi connectivity index (χ0n) is 13.0. The van der Waals surface area contributed by atoms with Crippen LogP contribution in [0, 0.1) is 0 Å². The summed E-state index contributed by atoms with van der Waals surface area (Å²) in [6, 6.07) is 8.72. The average Bonchev–Trinajstić information content (AvgIpc) is 3.09. The van der Waals surface area contributed by atoms with Crippen molar-refractivity contribution < 1.29 is 0 Å². The average molecular weight is 294 g/mol. The Labute approximate surface area is 131 Å². The van der Waals surface area contributed by atoms with E-state index in [1.165, 1.54) is 37.2 Å². The van der Waals surface area contributed by atoms with Crippen LogP contribution in [-0.2, 0) is 0 Å². The molecule has 0 amide bonds. The van der Waals surface area contributed by atoms with E-state index in [1.807, 2.05) is 6.08 Å². The molecule has 1 saturated heterocycles. The third kappa shape index (κ3) is 3.45. The number of benzene rings is 1. The predicted molar refractivity (Wildman–Crippen MR) is 93.0 cm³/mol. The lowest BCUT2D eigenvalue weighted by atomic mass is 10.1. The van der Waals surface area contributed by atoms with Gasteiger partial charge in [-0.1, -0.05) is 18.2 Å². The number of nitrogens with one attached hydrogen (secondary N) is 1. The van der Waals surface area contributed by atoms with Crippen molar-refractivity contribution >= 4 is 23.7 Å². The molecule has 22 heavy (non-hydrogen) atoms. The van der Waals surface area contributed by atoms with Gasteiger partial charge in [-0.3, -0.25) is 4.98 Å². The Morgan fingerprint density at radius 1 is 1.05 bits per heavy atom. The number of nitrogens with zero attached hydrogens (tertiary/aromatic N) is 3. The van der Waals surface area contributed by atoms with Crippen LogP contribution in [0.15, 0.2) is 36.7 Å². The molecule has 3 rings (SSSR count). The molecule has 1 aromatic heterocycles. The lowest BCUT2D eigenvalue weighted by Gasteiger charge is -2.17. The molecule has 1 aromatic carbocycles. The highest BCUT2D eigenvalue weighted by Crippen LogP contribution is 2.21. The van der Waals surface area contributed by atoms with Crippen LogP contribution in [0.4, 0.5) is 11.5 Å². The summed E-state index contributed by atoms with van der Waals surface area (Å²) in [5, 5.41) is 3.23. The molecule has 2 aromatic rings. The second kappa shape index (κ2) is 7.07. The van der Waals surface area contributed by atoms with E-state index in [0.29, 0.717) is 0 Å². The van der Waals surface area contributed by atoms with Gasteiger partial charge in [-0.15, -0.1) is 0 Å². The zero-order chi connectivity index (χ0) is 15.2. The van der Waals surface area contributed by atoms with E-state index in [4.69, 9.17) is 0 Å². The fourth-order valence-electron chi connectivity index (χ4n) is 2.72. The molecule has 1 aliphatic heterocycles. The number of hydrogen-bond acceptors (Lipinski definition) is 4. The van der Waals surface area contributed by atoms with Crippen molar-refractivity contribution in [2.45, 2.75) is 19.8 Å². The smallest absolute Gasteiger partial charge is 0.151 e. The highest BCUT2D eigenvalue weighted by atomic mass is 15.1. The van der Waals surface area contributed by atoms with Crippen LogP contribution in [0.5, 0.6) is 0 Å². The number of aromatic nitrogens is 2. The van der Waals surface area contributed by atoms with Crippen LogP contribution in [0.3, 0.4) is 0 Å². The molecular formula is C18H22N4. The van der Waals surface area contributed by atoms with Gasteiger partial charge >= 0.3 is 0 Å². The maximum atomic E-state index is 4.37. The third-order valence-electron chi connectivity index (χ3n) is 3.87. The summed E-state index contributed by atoms with van der Waals surface area (Å²) in [6.07, 6.45) is 10.1. The molecule has 0 saturated carbocycles. The Balaban J connectivity index is 1.72. The van der Waals surface area contributed by atoms with Gasteiger partial charge in [0.2, 0.25) is 0 Å². The summed E-state index contributed by atoms with van der Waals surface area (Å²) in [6.45, 7) is 5.25. The molecule has 0 radical (unpaired) electrons. The first-order valence-corrected chi connectivity index (χ1v) is 7.95. The van der Waals surface area contributed by atoms with Gasteiger partial charge in [-0.25, -0.2) is 4.98 Å². The molecule has 0 spiro atoms. The van der Waals surface area contributed by atoms with Crippen molar-refractivity contribution in [3.8, 4) is 0 Å². The minimum absolute atomic E-state index is 0.829. The fraction of sp³-hybridized carbons (Fsp3) is 0.333. The maximum Gasteiger partial charge on any atom is 0.151 e. The van der Waals surface area contributed by atoms with Crippen molar-refractivity contribution in [3.05, 3.63) is 47.9 Å². The lowest BCUT2D eigenvalue weighted by molar-refractivity contribution is 0.949. The van der Waals surface area contributed by atoms with Gasteiger partial charge in [0.15, 0.2) is 5.82 Å². The second-order valence-electron chi connectivity index (χ2n) is 5.44. The molecule has 4 nitrogen and oxygen atoms in total. The Morgan fingerprint density at radius 3 is 2.50 bits per heavy atom. The Hall–Kier alpha value is -2.36. The van der Waals surface area contributed by atoms with Gasteiger partial charge in [0.05, 0.1) is 0 Å². The summed E-state index contributed by atoms with van der Waals surface area (Å²) in [7, 11) is 0. The van der Waals surface area contributed by atoms with Crippen LogP contribution in [0.1, 0.15) is 31.0 Å². The monoisotopic (exact) mass is 294 g/mol. The lowest BCUT2D eigenvalue weighted by Crippen LogP contribution is -2.17. The van der Waals surface area contributed by atoms with Crippen LogP contribution >= 0.6 is 0 Å². The van der Waals surface area contributed by atoms with E-state index < -0.39 is 0 Å². The van der Waals surface area contributed by atoms with E-state index in [9.17, 15) is 0 Å². The van der Waals surface area contributed by atoms with Crippen LogP contribution in [0.2, 0.25) is 0 Å². The molecule has 0 bridgehead atoms. The molecule has 0 atom stereocenters. The molecule has 1 N–H and O–H groups in total. The van der Waals surface area contributed by atoms with Crippen molar-refractivity contribution in [2.75, 3.05) is 29.9 Å². The van der Waals surface area contributed by atoms with E-state index in [0.717, 1.165) is 18.1 Å². The summed E-state index contributed by atoms with van der Waals surface area (Å²) >= 11 is 0. The number of hydrogen-bond donors (Lipinski definition) is 1. The molecule has 114 valence electrons. The molecule has 0 aliphatic carbocycles. The van der Waals surface area contributed by atoms with Gasteiger partial charge in [0.1, 0.15) is 5.69 Å². The Kier molecular flexibility index (Phi) is 4.68. The molecule has 1 aliphatic rings. The molecule has 0 unspecified atom stereocenters. The molecular weight excluding hydrogens is 272 g/mol. The van der Waals surface area contributed by atoms with Crippen LogP contribution < -0.4 is 10.2 Å². The Morgan fingerprint density at radius 2 is 1.77 bits per heavy atom. The summed E-state index contributed by atoms with van der Waals surface area (Å²) < 4.78 is 0. The van der Waals surface area contributed by atoms with Gasteiger partial charge in [-0.2, -0.15) is 0 Å². The standard InChI is InChI=1S/C18H22N4/c1-2-19-18-17(20-11-12-21-18)10-7-15-5-8-16(9-6-15)22-13-3-4-14-22/h5-12H,2-4,13-14H2,1H3,(H,19,21)/b10-7+. The fourth-order valence-corrected chi connectivity index (χ4v) is 2.72. The number of rotatable bonds is 5. The van der Waals surface area contributed by atoms with Gasteiger partial charge < -0.3 is 10.2 Å². The van der Waals surface area contributed by atoms with E-state index in [-0.39, 0.29) is 0 Å². The summed E-state index contributed by atoms with van der Waals surface area (Å²) in [4.78, 5) is 11.1. The predicted octanol–water partition coefficient (Wildman–Crippen LogP) is 3.68. The summed E-state index contributed by atoms with van der Waals surface area (Å²) in [5.41, 5.74) is 3.37. The van der Waals surface area contributed by atoms with Crippen LogP contribution in [-0.4, -0.2) is 29.6 Å². The normalized spacial score (nSPS) is 14.7. The third-order valence-corrected chi connectivity index (χ3v) is 3.87. The van der Waals surface area contributed by atoms with Gasteiger partial charge in [0, 0.05) is 37.7 Å². The largest absolute Gasteiger partial charge is 0.372 e. The molecule has 2 heterocycles. The zero-order valence-corrected chi connectivity index (χ0v) is 13.0. The maximum absolute atomic E-state index is 4.37. The van der Waals surface area contributed by atoms with E-state index in [2.05, 4.69) is 57.4 Å². The van der Waals surface area contributed by atoms with Crippen LogP contribution in [0.25, 0.3) is 12.2 Å². The Bertz CT molecular complexity index is 628. The van der Waals surface area contributed by atoms with Gasteiger partial charge in [-0.05, 0) is 43.5 Å². The van der Waals surface area contributed by atoms with Crippen molar-refractivity contribution in [2.24, 2.45) is 0 Å². The van der Waals surface area contributed by atoms with E-state index in [1.54, 1.807) is 12.4 Å². The highest BCUT2D eigenvalue weighted by Gasteiger charge is 2.11. The first-order chi connectivity index (χ1) is 10.9. The summed E-state index contributed by atoms with van der Waals surface area (Å²) in [5.74, 6) is 0.829. The minimum atomic E-state index is 0.829. The number of anilines is 2. The van der Waals surface area contributed by atoms with Crippen molar-refractivity contribution in [1.82, 2.24) is 9.97 Å².